The van der Waals surface area contributed by atoms with E-state index in [2.05, 4.69) is 109 Å². The van der Waals surface area contributed by atoms with E-state index in [4.69, 9.17) is 26.6 Å². The van der Waals surface area contributed by atoms with Gasteiger partial charge in [0.2, 0.25) is 0 Å². The highest BCUT2D eigenvalue weighted by Gasteiger charge is 2.20. The Kier molecular flexibility index (Phi) is 6.03. The van der Waals surface area contributed by atoms with E-state index in [9.17, 15) is 0 Å². The van der Waals surface area contributed by atoms with Crippen molar-refractivity contribution >= 4 is 53.9 Å². The fourth-order valence-corrected chi connectivity index (χ4v) is 7.14. The molecule has 0 bridgehead atoms. The Morgan fingerprint density at radius 2 is 1.14 bits per heavy atom. The molecule has 0 saturated carbocycles. The number of nitrogens with zero attached hydrogens (tertiary/aromatic N) is 3. The fourth-order valence-electron chi connectivity index (χ4n) is 5.60. The van der Waals surface area contributed by atoms with Gasteiger partial charge in [-0.1, -0.05) is 127 Å². The first-order valence-electron chi connectivity index (χ1n) is 13.7. The summed E-state index contributed by atoms with van der Waals surface area (Å²) in [6.45, 7) is 0. The van der Waals surface area contributed by atoms with E-state index in [1.807, 2.05) is 24.3 Å². The first-order chi connectivity index (χ1) is 20.7. The van der Waals surface area contributed by atoms with Crippen LogP contribution in [0.4, 0.5) is 0 Å². The van der Waals surface area contributed by atoms with Crippen LogP contribution in [0, 0.1) is 0 Å². The minimum Gasteiger partial charge on any atom is -0.208 e. The van der Waals surface area contributed by atoms with E-state index >= 15 is 0 Å². The summed E-state index contributed by atoms with van der Waals surface area (Å²) in [5.41, 5.74) is 4.95. The Morgan fingerprint density at radius 1 is 0.476 bits per heavy atom. The topological polar surface area (TPSA) is 38.7 Å². The molecule has 0 amide bonds. The summed E-state index contributed by atoms with van der Waals surface area (Å²) >= 11 is 8.69. The summed E-state index contributed by atoms with van der Waals surface area (Å²) in [4.78, 5) is 15.3. The van der Waals surface area contributed by atoms with Gasteiger partial charge in [-0.3, -0.25) is 0 Å². The van der Waals surface area contributed by atoms with Gasteiger partial charge >= 0.3 is 0 Å². The lowest BCUT2D eigenvalue weighted by atomic mass is 10.0. The molecule has 0 atom stereocenters. The first kappa shape index (κ1) is 24.9. The minimum atomic E-state index is 0.565. The summed E-state index contributed by atoms with van der Waals surface area (Å²) in [6.07, 6.45) is 0. The third-order valence-corrected chi connectivity index (χ3v) is 9.13. The summed E-state index contributed by atoms with van der Waals surface area (Å²) in [5, 5.41) is 5.19. The van der Waals surface area contributed by atoms with E-state index in [0.717, 1.165) is 48.7 Å². The zero-order valence-electron chi connectivity index (χ0n) is 22.3. The highest BCUT2D eigenvalue weighted by molar-refractivity contribution is 7.26. The number of hydrogen-bond donors (Lipinski definition) is 0. The van der Waals surface area contributed by atoms with Crippen LogP contribution in [0.25, 0.3) is 76.2 Å². The van der Waals surface area contributed by atoms with E-state index in [1.54, 1.807) is 11.3 Å². The largest absolute Gasteiger partial charge is 0.208 e. The number of hydrogen-bond acceptors (Lipinski definition) is 4. The van der Waals surface area contributed by atoms with Crippen molar-refractivity contribution in [1.29, 1.82) is 0 Å². The van der Waals surface area contributed by atoms with Crippen molar-refractivity contribution in [1.82, 2.24) is 15.0 Å². The van der Waals surface area contributed by atoms with Crippen molar-refractivity contribution in [2.45, 2.75) is 0 Å². The molecule has 0 radical (unpaired) electrons. The molecule has 5 heteroatoms. The second kappa shape index (κ2) is 10.2. The normalized spacial score (nSPS) is 11.5. The van der Waals surface area contributed by atoms with Crippen LogP contribution in [0.2, 0.25) is 5.02 Å². The molecule has 8 rings (SSSR count). The van der Waals surface area contributed by atoms with Crippen LogP contribution in [0.15, 0.2) is 133 Å². The molecule has 2 heterocycles. The Bertz CT molecular complexity index is 2270. The molecule has 6 aromatic carbocycles. The van der Waals surface area contributed by atoms with Crippen LogP contribution in [0.1, 0.15) is 0 Å². The van der Waals surface area contributed by atoms with Crippen LogP contribution in [-0.2, 0) is 0 Å². The third kappa shape index (κ3) is 4.24. The first-order valence-corrected chi connectivity index (χ1v) is 14.9. The summed E-state index contributed by atoms with van der Waals surface area (Å²) in [5.74, 6) is 1.79. The number of rotatable bonds is 4. The van der Waals surface area contributed by atoms with Crippen LogP contribution >= 0.6 is 22.9 Å². The average Bonchev–Trinajstić information content (AvgIpc) is 3.43. The molecule has 0 N–H and O–H groups in total. The molecule has 42 heavy (non-hydrogen) atoms. The number of halogens is 1. The van der Waals surface area contributed by atoms with Crippen LogP contribution in [0.5, 0.6) is 0 Å². The maximum Gasteiger partial charge on any atom is 0.167 e. The van der Waals surface area contributed by atoms with Crippen molar-refractivity contribution in [3.05, 3.63) is 138 Å². The third-order valence-electron chi connectivity index (χ3n) is 7.61. The van der Waals surface area contributed by atoms with Gasteiger partial charge in [-0.15, -0.1) is 11.3 Å². The zero-order chi connectivity index (χ0) is 28.0. The van der Waals surface area contributed by atoms with Gasteiger partial charge in [0.05, 0.1) is 10.6 Å². The van der Waals surface area contributed by atoms with Gasteiger partial charge in [0.1, 0.15) is 0 Å². The van der Waals surface area contributed by atoms with Gasteiger partial charge in [-0.05, 0) is 40.1 Å². The highest BCUT2D eigenvalue weighted by atomic mass is 35.5. The number of fused-ring (bicyclic) bond motifs is 4. The molecule has 0 aliphatic rings. The van der Waals surface area contributed by atoms with Crippen molar-refractivity contribution in [2.24, 2.45) is 0 Å². The Hall–Kier alpha value is -4.90. The number of aromatic nitrogens is 3. The molecule has 0 spiro atoms. The zero-order valence-corrected chi connectivity index (χ0v) is 23.9. The SMILES string of the molecule is Clc1ccc2c(sc3ccccc32)c1-c1nc(-c2cccc(-c3ccccc3)c2)nc(-c2cccc3ccccc23)n1. The Balaban J connectivity index is 1.41. The predicted octanol–water partition coefficient (Wildman–Crippen LogP) is 10.7. The fraction of sp³-hybridized carbons (Fsp3) is 0. The van der Waals surface area contributed by atoms with Crippen molar-refractivity contribution in [3.63, 3.8) is 0 Å². The smallest absolute Gasteiger partial charge is 0.167 e. The predicted molar refractivity (Wildman–Crippen MR) is 177 cm³/mol. The molecular weight excluding hydrogens is 554 g/mol. The number of benzene rings is 6. The second-order valence-corrected chi connectivity index (χ2v) is 11.6. The molecule has 8 aromatic rings. The van der Waals surface area contributed by atoms with Gasteiger partial charge in [0.25, 0.3) is 0 Å². The van der Waals surface area contributed by atoms with Crippen LogP contribution in [0.3, 0.4) is 0 Å². The maximum absolute atomic E-state index is 6.97. The van der Waals surface area contributed by atoms with Gasteiger partial charge in [-0.2, -0.15) is 0 Å². The molecule has 3 nitrogen and oxygen atoms in total. The standard InChI is InChI=1S/C37H22ClN3S/c38-31-21-20-29-28-17-6-7-19-32(28)42-34(29)33(31)37-40-35(26-15-8-14-25(22-26)23-10-2-1-3-11-23)39-36(41-37)30-18-9-13-24-12-4-5-16-27(24)30/h1-22H. The Morgan fingerprint density at radius 3 is 2.05 bits per heavy atom. The summed E-state index contributed by atoms with van der Waals surface area (Å²) in [6, 6.07) is 45.8. The average molecular weight is 576 g/mol. The molecule has 0 fully saturated rings. The molecule has 2 aromatic heterocycles. The maximum atomic E-state index is 6.97. The van der Waals surface area contributed by atoms with Gasteiger partial charge < -0.3 is 0 Å². The van der Waals surface area contributed by atoms with Crippen LogP contribution < -0.4 is 0 Å². The van der Waals surface area contributed by atoms with E-state index in [1.165, 1.54) is 10.1 Å². The second-order valence-electron chi connectivity index (χ2n) is 10.2. The van der Waals surface area contributed by atoms with Crippen molar-refractivity contribution in [2.75, 3.05) is 0 Å². The van der Waals surface area contributed by atoms with Gasteiger partial charge in [0.15, 0.2) is 17.5 Å². The summed E-state index contributed by atoms with van der Waals surface area (Å²) in [7, 11) is 0. The van der Waals surface area contributed by atoms with Crippen molar-refractivity contribution in [3.8, 4) is 45.3 Å². The Labute approximate surface area is 251 Å². The molecule has 0 aliphatic carbocycles. The lowest BCUT2D eigenvalue weighted by Gasteiger charge is -2.12. The molecule has 0 unspecified atom stereocenters. The van der Waals surface area contributed by atoms with E-state index < -0.39 is 0 Å². The van der Waals surface area contributed by atoms with Gasteiger partial charge in [0, 0.05) is 31.3 Å². The minimum absolute atomic E-state index is 0.565. The quantitative estimate of drug-likeness (QED) is 0.209. The molecule has 198 valence electrons. The van der Waals surface area contributed by atoms with Crippen LogP contribution in [-0.4, -0.2) is 15.0 Å². The van der Waals surface area contributed by atoms with E-state index in [-0.39, 0.29) is 0 Å². The summed E-state index contributed by atoms with van der Waals surface area (Å²) < 4.78 is 2.28. The number of thiophene rings is 1. The highest BCUT2D eigenvalue weighted by Crippen LogP contribution is 2.43. The molecule has 0 aliphatic heterocycles. The lowest BCUT2D eigenvalue weighted by molar-refractivity contribution is 1.08. The lowest BCUT2D eigenvalue weighted by Crippen LogP contribution is -2.01. The van der Waals surface area contributed by atoms with Crippen molar-refractivity contribution < 1.29 is 0 Å². The van der Waals surface area contributed by atoms with E-state index in [0.29, 0.717) is 22.5 Å². The molecule has 0 saturated heterocycles. The molecular formula is C37H22ClN3S. The monoisotopic (exact) mass is 575 g/mol. The van der Waals surface area contributed by atoms with Gasteiger partial charge in [-0.25, -0.2) is 15.0 Å².